The van der Waals surface area contributed by atoms with Gasteiger partial charge in [-0.25, -0.2) is 0 Å². The standard InChI is InChI=1S/C13H27N3O/c1-5-16(6-2)13(17)11-15-9-7-8-12(10-15)14(3)4/h12H,5-11H2,1-4H3/t12-/m1/s1. The molecule has 0 radical (unpaired) electrons. The van der Waals surface area contributed by atoms with Crippen LogP contribution in [0.25, 0.3) is 0 Å². The summed E-state index contributed by atoms with van der Waals surface area (Å²) in [6.07, 6.45) is 2.46. The minimum Gasteiger partial charge on any atom is -0.342 e. The van der Waals surface area contributed by atoms with Crippen LogP contribution in [0.4, 0.5) is 0 Å². The highest BCUT2D eigenvalue weighted by Gasteiger charge is 2.23. The second kappa shape index (κ2) is 6.97. The van der Waals surface area contributed by atoms with Gasteiger partial charge in [0.2, 0.25) is 5.91 Å². The van der Waals surface area contributed by atoms with E-state index in [1.807, 2.05) is 18.7 Å². The molecule has 0 aromatic carbocycles. The first-order valence-electron chi connectivity index (χ1n) is 6.75. The topological polar surface area (TPSA) is 26.8 Å². The van der Waals surface area contributed by atoms with E-state index in [1.54, 1.807) is 0 Å². The summed E-state index contributed by atoms with van der Waals surface area (Å²) in [4.78, 5) is 18.5. The van der Waals surface area contributed by atoms with Gasteiger partial charge in [-0.15, -0.1) is 0 Å². The van der Waals surface area contributed by atoms with Gasteiger partial charge in [-0.1, -0.05) is 0 Å². The quantitative estimate of drug-likeness (QED) is 0.715. The van der Waals surface area contributed by atoms with Crippen LogP contribution in [0.15, 0.2) is 0 Å². The molecular weight excluding hydrogens is 214 g/mol. The zero-order chi connectivity index (χ0) is 12.8. The lowest BCUT2D eigenvalue weighted by Crippen LogP contribution is -2.49. The molecule has 0 aliphatic carbocycles. The molecule has 1 fully saturated rings. The third kappa shape index (κ3) is 4.28. The van der Waals surface area contributed by atoms with Crippen molar-refractivity contribution in [3.63, 3.8) is 0 Å². The van der Waals surface area contributed by atoms with Gasteiger partial charge in [0.1, 0.15) is 0 Å². The average Bonchev–Trinajstić information content (AvgIpc) is 2.30. The number of nitrogens with zero attached hydrogens (tertiary/aromatic N) is 3. The van der Waals surface area contributed by atoms with E-state index in [2.05, 4.69) is 23.9 Å². The van der Waals surface area contributed by atoms with Gasteiger partial charge in [0.15, 0.2) is 0 Å². The van der Waals surface area contributed by atoms with Gasteiger partial charge in [-0.05, 0) is 47.3 Å². The van der Waals surface area contributed by atoms with Crippen molar-refractivity contribution in [1.29, 1.82) is 0 Å². The highest BCUT2D eigenvalue weighted by molar-refractivity contribution is 5.78. The summed E-state index contributed by atoms with van der Waals surface area (Å²) >= 11 is 0. The molecule has 0 saturated carbocycles. The van der Waals surface area contributed by atoms with Gasteiger partial charge in [0.05, 0.1) is 6.54 Å². The Hall–Kier alpha value is -0.610. The number of piperidine rings is 1. The maximum Gasteiger partial charge on any atom is 0.236 e. The summed E-state index contributed by atoms with van der Waals surface area (Å²) in [6, 6.07) is 0.605. The molecule has 1 heterocycles. The summed E-state index contributed by atoms with van der Waals surface area (Å²) in [5.41, 5.74) is 0. The Kier molecular flexibility index (Phi) is 5.92. The molecule has 100 valence electrons. The summed E-state index contributed by atoms with van der Waals surface area (Å²) < 4.78 is 0. The van der Waals surface area contributed by atoms with Crippen molar-refractivity contribution in [2.45, 2.75) is 32.7 Å². The zero-order valence-electron chi connectivity index (χ0n) is 11.8. The molecule has 0 N–H and O–H groups in total. The van der Waals surface area contributed by atoms with E-state index in [0.717, 1.165) is 26.2 Å². The van der Waals surface area contributed by atoms with E-state index in [9.17, 15) is 4.79 Å². The zero-order valence-corrected chi connectivity index (χ0v) is 11.8. The Labute approximate surface area is 106 Å². The van der Waals surface area contributed by atoms with Crippen LogP contribution in [-0.4, -0.2) is 73.5 Å². The van der Waals surface area contributed by atoms with Crippen molar-refractivity contribution in [3.05, 3.63) is 0 Å². The van der Waals surface area contributed by atoms with Gasteiger partial charge in [-0.2, -0.15) is 0 Å². The number of likely N-dealkylation sites (tertiary alicyclic amines) is 1. The molecule has 0 spiro atoms. The van der Waals surface area contributed by atoms with Crippen molar-refractivity contribution in [1.82, 2.24) is 14.7 Å². The third-order valence-corrected chi connectivity index (χ3v) is 3.69. The monoisotopic (exact) mass is 241 g/mol. The Balaban J connectivity index is 2.43. The Bertz CT molecular complexity index is 239. The normalized spacial score (nSPS) is 21.8. The first-order chi connectivity index (χ1) is 8.08. The third-order valence-electron chi connectivity index (χ3n) is 3.69. The number of carbonyl (C=O) groups is 1. The predicted molar refractivity (Wildman–Crippen MR) is 71.1 cm³/mol. The summed E-state index contributed by atoms with van der Waals surface area (Å²) in [5, 5.41) is 0. The summed E-state index contributed by atoms with van der Waals surface area (Å²) in [6.45, 7) is 8.41. The van der Waals surface area contributed by atoms with E-state index >= 15 is 0 Å². The molecule has 1 atom stereocenters. The predicted octanol–water partition coefficient (Wildman–Crippen LogP) is 0.881. The van der Waals surface area contributed by atoms with Gasteiger partial charge >= 0.3 is 0 Å². The van der Waals surface area contributed by atoms with E-state index in [4.69, 9.17) is 0 Å². The molecule has 0 bridgehead atoms. The Morgan fingerprint density at radius 2 is 1.94 bits per heavy atom. The highest BCUT2D eigenvalue weighted by Crippen LogP contribution is 2.13. The largest absolute Gasteiger partial charge is 0.342 e. The maximum absolute atomic E-state index is 12.0. The second-order valence-electron chi connectivity index (χ2n) is 5.06. The van der Waals surface area contributed by atoms with Gasteiger partial charge in [0.25, 0.3) is 0 Å². The van der Waals surface area contributed by atoms with Crippen LogP contribution in [-0.2, 0) is 4.79 Å². The minimum absolute atomic E-state index is 0.273. The van der Waals surface area contributed by atoms with Crippen molar-refractivity contribution in [3.8, 4) is 0 Å². The maximum atomic E-state index is 12.0. The fourth-order valence-corrected chi connectivity index (χ4v) is 2.46. The highest BCUT2D eigenvalue weighted by atomic mass is 16.2. The first kappa shape index (κ1) is 14.5. The number of amides is 1. The molecule has 1 amide bonds. The van der Waals surface area contributed by atoms with E-state index in [-0.39, 0.29) is 5.91 Å². The van der Waals surface area contributed by atoms with Crippen molar-refractivity contribution in [2.75, 3.05) is 46.8 Å². The Morgan fingerprint density at radius 1 is 1.29 bits per heavy atom. The van der Waals surface area contributed by atoms with Crippen LogP contribution in [0.5, 0.6) is 0 Å². The van der Waals surface area contributed by atoms with E-state index in [0.29, 0.717) is 12.6 Å². The number of likely N-dealkylation sites (N-methyl/N-ethyl adjacent to an activating group) is 2. The fraction of sp³-hybridized carbons (Fsp3) is 0.923. The van der Waals surface area contributed by atoms with Crippen molar-refractivity contribution < 1.29 is 4.79 Å². The van der Waals surface area contributed by atoms with Crippen molar-refractivity contribution >= 4 is 5.91 Å². The van der Waals surface area contributed by atoms with E-state index < -0.39 is 0 Å². The first-order valence-corrected chi connectivity index (χ1v) is 6.75. The van der Waals surface area contributed by atoms with Crippen LogP contribution >= 0.6 is 0 Å². The molecule has 0 unspecified atom stereocenters. The fourth-order valence-electron chi connectivity index (χ4n) is 2.46. The second-order valence-corrected chi connectivity index (χ2v) is 5.06. The molecule has 17 heavy (non-hydrogen) atoms. The molecule has 4 heteroatoms. The molecule has 1 aliphatic heterocycles. The lowest BCUT2D eigenvalue weighted by atomic mass is 10.1. The lowest BCUT2D eigenvalue weighted by Gasteiger charge is -2.36. The number of carbonyl (C=O) groups excluding carboxylic acids is 1. The van der Waals surface area contributed by atoms with Gasteiger partial charge in [-0.3, -0.25) is 9.69 Å². The lowest BCUT2D eigenvalue weighted by molar-refractivity contribution is -0.132. The molecule has 0 aromatic heterocycles. The minimum atomic E-state index is 0.273. The summed E-state index contributed by atoms with van der Waals surface area (Å²) in [5.74, 6) is 0.273. The SMILES string of the molecule is CCN(CC)C(=O)CN1CCC[C@@H](N(C)C)C1. The smallest absolute Gasteiger partial charge is 0.236 e. The van der Waals surface area contributed by atoms with Crippen LogP contribution in [0.3, 0.4) is 0 Å². The van der Waals surface area contributed by atoms with Crippen LogP contribution in [0, 0.1) is 0 Å². The number of hydrogen-bond donors (Lipinski definition) is 0. The Morgan fingerprint density at radius 3 is 2.47 bits per heavy atom. The summed E-state index contributed by atoms with van der Waals surface area (Å²) in [7, 11) is 4.25. The number of rotatable bonds is 5. The van der Waals surface area contributed by atoms with Crippen LogP contribution in [0.2, 0.25) is 0 Å². The van der Waals surface area contributed by atoms with Gasteiger partial charge in [0, 0.05) is 25.7 Å². The average molecular weight is 241 g/mol. The molecule has 1 rings (SSSR count). The van der Waals surface area contributed by atoms with E-state index in [1.165, 1.54) is 12.8 Å². The van der Waals surface area contributed by atoms with Crippen LogP contribution < -0.4 is 0 Å². The molecule has 0 aromatic rings. The van der Waals surface area contributed by atoms with Gasteiger partial charge < -0.3 is 9.80 Å². The van der Waals surface area contributed by atoms with Crippen molar-refractivity contribution in [2.24, 2.45) is 0 Å². The molecule has 1 saturated heterocycles. The molecule has 4 nitrogen and oxygen atoms in total. The number of hydrogen-bond acceptors (Lipinski definition) is 3. The molecule has 1 aliphatic rings. The van der Waals surface area contributed by atoms with Crippen LogP contribution in [0.1, 0.15) is 26.7 Å². The molecular formula is C13H27N3O.